The molecule has 174 valence electrons. The molecule has 1 aliphatic heterocycles. The molecule has 1 atom stereocenters. The van der Waals surface area contributed by atoms with E-state index in [1.807, 2.05) is 54.6 Å². The topological polar surface area (TPSA) is 99.6 Å². The van der Waals surface area contributed by atoms with Gasteiger partial charge < -0.3 is 9.47 Å². The van der Waals surface area contributed by atoms with Crippen LogP contribution in [0.4, 0.5) is 0 Å². The van der Waals surface area contributed by atoms with Gasteiger partial charge in [-0.15, -0.1) is 0 Å². The summed E-state index contributed by atoms with van der Waals surface area (Å²) in [5, 5.41) is 0.669. The van der Waals surface area contributed by atoms with Gasteiger partial charge in [0.1, 0.15) is 6.10 Å². The average Bonchev–Trinajstić information content (AvgIpc) is 3.38. The van der Waals surface area contributed by atoms with Gasteiger partial charge >= 0.3 is 11.9 Å². The first kappa shape index (κ1) is 22.3. The molecule has 1 fully saturated rings. The van der Waals surface area contributed by atoms with E-state index in [1.165, 1.54) is 0 Å². The third-order valence-corrected chi connectivity index (χ3v) is 7.83. The summed E-state index contributed by atoms with van der Waals surface area (Å²) in [7, 11) is -3.17. The fraction of sp³-hybridized carbons (Fsp3) is 0.269. The Kier molecular flexibility index (Phi) is 5.91. The van der Waals surface area contributed by atoms with Gasteiger partial charge in [-0.1, -0.05) is 48.5 Å². The van der Waals surface area contributed by atoms with E-state index in [9.17, 15) is 18.0 Å². The smallest absolute Gasteiger partial charge is 0.344 e. The molecule has 3 aromatic rings. The quantitative estimate of drug-likeness (QED) is 0.518. The normalized spacial score (nSPS) is 19.8. The van der Waals surface area contributed by atoms with E-state index in [0.717, 1.165) is 28.8 Å². The van der Waals surface area contributed by atoms with Crippen molar-refractivity contribution >= 4 is 44.3 Å². The van der Waals surface area contributed by atoms with E-state index < -0.39 is 34.5 Å². The monoisotopic (exact) mass is 477 g/mol. The Hall–Kier alpha value is -3.52. The number of sulfone groups is 1. The van der Waals surface area contributed by atoms with Gasteiger partial charge in [-0.25, -0.2) is 23.0 Å². The van der Waals surface area contributed by atoms with Gasteiger partial charge in [-0.05, 0) is 48.1 Å². The van der Waals surface area contributed by atoms with Crippen molar-refractivity contribution < 1.29 is 27.5 Å². The SMILES string of the molecule is O=C(COC(=O)c1c2c(nc3ccccc13)/C(=C\c1ccccc1)CC2)O[C@@H]1CCS(=O)(=O)C1. The number of esters is 2. The minimum atomic E-state index is -3.17. The Balaban J connectivity index is 1.40. The van der Waals surface area contributed by atoms with Gasteiger partial charge in [0, 0.05) is 5.39 Å². The van der Waals surface area contributed by atoms with Crippen LogP contribution in [0.1, 0.15) is 40.0 Å². The van der Waals surface area contributed by atoms with Gasteiger partial charge in [0.2, 0.25) is 0 Å². The number of para-hydroxylation sites is 1. The molecule has 2 aliphatic rings. The van der Waals surface area contributed by atoms with Crippen LogP contribution in [0.15, 0.2) is 54.6 Å². The first-order valence-corrected chi connectivity index (χ1v) is 13.0. The van der Waals surface area contributed by atoms with Gasteiger partial charge in [0.25, 0.3) is 0 Å². The molecule has 34 heavy (non-hydrogen) atoms. The molecule has 8 heteroatoms. The number of ether oxygens (including phenoxy) is 2. The summed E-state index contributed by atoms with van der Waals surface area (Å²) in [5.74, 6) is -1.56. The van der Waals surface area contributed by atoms with E-state index in [-0.39, 0.29) is 17.9 Å². The standard InChI is InChI=1S/C26H23NO6S/c28-23(33-19-12-13-34(30,31)16-19)15-32-26(29)24-20-8-4-5-9-22(20)27-25-18(10-11-21(24)25)14-17-6-2-1-3-7-17/h1-9,14,19H,10-13,15-16H2/b18-14-/t19-/m1/s1. The molecular weight excluding hydrogens is 454 g/mol. The number of allylic oxidation sites excluding steroid dienone is 1. The Bertz CT molecular complexity index is 1410. The molecule has 0 spiro atoms. The lowest BCUT2D eigenvalue weighted by Gasteiger charge is -2.13. The largest absolute Gasteiger partial charge is 0.459 e. The number of benzene rings is 2. The van der Waals surface area contributed by atoms with E-state index >= 15 is 0 Å². The summed E-state index contributed by atoms with van der Waals surface area (Å²) >= 11 is 0. The van der Waals surface area contributed by atoms with E-state index in [2.05, 4.69) is 6.08 Å². The van der Waals surface area contributed by atoms with Crippen LogP contribution in [0.3, 0.4) is 0 Å². The van der Waals surface area contributed by atoms with Crippen molar-refractivity contribution in [2.75, 3.05) is 18.1 Å². The molecule has 5 rings (SSSR count). The number of rotatable bonds is 5. The zero-order valence-electron chi connectivity index (χ0n) is 18.4. The maximum absolute atomic E-state index is 13.2. The van der Waals surface area contributed by atoms with Crippen LogP contribution in [0.5, 0.6) is 0 Å². The van der Waals surface area contributed by atoms with Crippen molar-refractivity contribution in [3.63, 3.8) is 0 Å². The molecule has 0 amide bonds. The molecule has 0 radical (unpaired) electrons. The first-order chi connectivity index (χ1) is 16.4. The predicted octanol–water partition coefficient (Wildman–Crippen LogP) is 3.61. The molecule has 1 aromatic heterocycles. The summed E-state index contributed by atoms with van der Waals surface area (Å²) in [5.41, 5.74) is 4.76. The highest BCUT2D eigenvalue weighted by Crippen LogP contribution is 2.37. The number of fused-ring (bicyclic) bond motifs is 2. The molecule has 0 N–H and O–H groups in total. The van der Waals surface area contributed by atoms with Crippen LogP contribution in [0, 0.1) is 0 Å². The summed E-state index contributed by atoms with van der Waals surface area (Å²) in [4.78, 5) is 30.2. The second kappa shape index (κ2) is 9.02. The minimum Gasteiger partial charge on any atom is -0.459 e. The van der Waals surface area contributed by atoms with Crippen LogP contribution in [-0.2, 0) is 30.5 Å². The van der Waals surface area contributed by atoms with Gasteiger partial charge in [0.15, 0.2) is 16.4 Å². The number of hydrogen-bond donors (Lipinski definition) is 0. The van der Waals surface area contributed by atoms with Gasteiger partial charge in [-0.2, -0.15) is 0 Å². The predicted molar refractivity (Wildman–Crippen MR) is 128 cm³/mol. The Morgan fingerprint density at radius 3 is 2.56 bits per heavy atom. The summed E-state index contributed by atoms with van der Waals surface area (Å²) in [6.07, 6.45) is 3.04. The summed E-state index contributed by atoms with van der Waals surface area (Å²) in [6.45, 7) is -0.576. The lowest BCUT2D eigenvalue weighted by Crippen LogP contribution is -2.24. The van der Waals surface area contributed by atoms with Gasteiger partial charge in [0.05, 0.1) is 28.3 Å². The van der Waals surface area contributed by atoms with Crippen LogP contribution in [-0.4, -0.2) is 49.6 Å². The molecule has 2 aromatic carbocycles. The zero-order valence-corrected chi connectivity index (χ0v) is 19.2. The maximum atomic E-state index is 13.2. The van der Waals surface area contributed by atoms with Crippen molar-refractivity contribution in [3.8, 4) is 0 Å². The van der Waals surface area contributed by atoms with E-state index in [1.54, 1.807) is 0 Å². The highest BCUT2D eigenvalue weighted by Gasteiger charge is 2.32. The summed E-state index contributed by atoms with van der Waals surface area (Å²) < 4.78 is 33.6. The van der Waals surface area contributed by atoms with E-state index in [0.29, 0.717) is 22.9 Å². The van der Waals surface area contributed by atoms with Crippen molar-refractivity contribution in [2.24, 2.45) is 0 Å². The van der Waals surface area contributed by atoms with Crippen LogP contribution in [0.2, 0.25) is 0 Å². The number of carbonyl (C=O) groups is 2. The van der Waals surface area contributed by atoms with Crippen LogP contribution in [0.25, 0.3) is 22.6 Å². The average molecular weight is 478 g/mol. The number of carbonyl (C=O) groups excluding carboxylic acids is 2. The first-order valence-electron chi connectivity index (χ1n) is 11.1. The minimum absolute atomic E-state index is 0.00128. The lowest BCUT2D eigenvalue weighted by atomic mass is 10.0. The van der Waals surface area contributed by atoms with Crippen LogP contribution >= 0.6 is 0 Å². The number of hydrogen-bond acceptors (Lipinski definition) is 7. The second-order valence-electron chi connectivity index (χ2n) is 8.50. The molecule has 0 unspecified atom stereocenters. The van der Waals surface area contributed by atoms with Crippen molar-refractivity contribution in [3.05, 3.63) is 77.0 Å². The molecule has 7 nitrogen and oxygen atoms in total. The third-order valence-electron chi connectivity index (χ3n) is 6.10. The number of pyridine rings is 1. The zero-order chi connectivity index (χ0) is 23.7. The molecule has 2 heterocycles. The maximum Gasteiger partial charge on any atom is 0.344 e. The second-order valence-corrected chi connectivity index (χ2v) is 10.7. The fourth-order valence-corrected chi connectivity index (χ4v) is 6.12. The lowest BCUT2D eigenvalue weighted by molar-refractivity contribution is -0.151. The molecule has 1 saturated heterocycles. The third kappa shape index (κ3) is 4.59. The van der Waals surface area contributed by atoms with E-state index in [4.69, 9.17) is 14.5 Å². The Morgan fingerprint density at radius 2 is 1.79 bits per heavy atom. The molecular formula is C26H23NO6S. The highest BCUT2D eigenvalue weighted by atomic mass is 32.2. The molecule has 0 saturated carbocycles. The Morgan fingerprint density at radius 1 is 1.03 bits per heavy atom. The van der Waals surface area contributed by atoms with Crippen molar-refractivity contribution in [1.82, 2.24) is 4.98 Å². The number of nitrogens with zero attached hydrogens (tertiary/aromatic N) is 1. The fourth-order valence-electron chi connectivity index (χ4n) is 4.53. The van der Waals surface area contributed by atoms with Crippen molar-refractivity contribution in [2.45, 2.75) is 25.4 Å². The van der Waals surface area contributed by atoms with Crippen molar-refractivity contribution in [1.29, 1.82) is 0 Å². The van der Waals surface area contributed by atoms with Gasteiger partial charge in [-0.3, -0.25) is 0 Å². The highest BCUT2D eigenvalue weighted by molar-refractivity contribution is 7.91. The van der Waals surface area contributed by atoms with Crippen LogP contribution < -0.4 is 0 Å². The number of aromatic nitrogens is 1. The Labute approximate surface area is 197 Å². The molecule has 0 bridgehead atoms. The summed E-state index contributed by atoms with van der Waals surface area (Å²) in [6, 6.07) is 17.3. The molecule has 1 aliphatic carbocycles.